The molecule has 6 aromatic rings. The number of imide groups is 1. The highest BCUT2D eigenvalue weighted by Crippen LogP contribution is 2.37. The van der Waals surface area contributed by atoms with Gasteiger partial charge < -0.3 is 30.9 Å². The number of primary amides is 1. The number of benzene rings is 5. The molecule has 10 rings (SSSR count). The van der Waals surface area contributed by atoms with Crippen LogP contribution in [0.25, 0.3) is 22.0 Å². The van der Waals surface area contributed by atoms with Crippen molar-refractivity contribution in [3.05, 3.63) is 125 Å². The summed E-state index contributed by atoms with van der Waals surface area (Å²) in [7, 11) is 1.57. The Labute approximate surface area is 389 Å². The fourth-order valence-electron chi connectivity index (χ4n) is 10.2. The van der Waals surface area contributed by atoms with Gasteiger partial charge in [0.05, 0.1) is 12.7 Å². The lowest BCUT2D eigenvalue weighted by molar-refractivity contribution is -0.120. The number of piperidine rings is 1. The average molecular weight is 901 g/mol. The molecule has 0 radical (unpaired) electrons. The van der Waals surface area contributed by atoms with E-state index in [1.165, 1.54) is 16.9 Å². The first-order chi connectivity index (χ1) is 32.6. The molecule has 15 heteroatoms. The zero-order valence-corrected chi connectivity index (χ0v) is 38.0. The zero-order valence-electron chi connectivity index (χ0n) is 38.0. The van der Waals surface area contributed by atoms with Crippen LogP contribution in [0.15, 0.2) is 97.1 Å². The number of nitrogens with zero attached hydrogens (tertiary/aromatic N) is 6. The molecule has 5 amide bonds. The van der Waals surface area contributed by atoms with Gasteiger partial charge in [-0.05, 0) is 114 Å². The van der Waals surface area contributed by atoms with E-state index in [-0.39, 0.29) is 17.8 Å². The lowest BCUT2D eigenvalue weighted by Gasteiger charge is -2.40. The maximum absolute atomic E-state index is 13.5. The van der Waals surface area contributed by atoms with Crippen LogP contribution in [-0.4, -0.2) is 97.9 Å². The Morgan fingerprint density at radius 2 is 1.52 bits per heavy atom. The van der Waals surface area contributed by atoms with Gasteiger partial charge in [-0.1, -0.05) is 42.5 Å². The molecular weight excluding hydrogens is 845 g/mol. The van der Waals surface area contributed by atoms with Gasteiger partial charge in [-0.25, -0.2) is 9.48 Å². The molecule has 15 nitrogen and oxygen atoms in total. The zero-order chi connectivity index (χ0) is 46.2. The predicted octanol–water partition coefficient (Wildman–Crippen LogP) is 6.83. The number of nitrogens with one attached hydrogen (secondary N) is 3. The van der Waals surface area contributed by atoms with E-state index in [0.717, 1.165) is 104 Å². The van der Waals surface area contributed by atoms with Crippen molar-refractivity contribution in [1.82, 2.24) is 25.3 Å². The summed E-state index contributed by atoms with van der Waals surface area (Å²) >= 11 is 0. The summed E-state index contributed by atoms with van der Waals surface area (Å²) in [4.78, 5) is 59.7. The fourth-order valence-corrected chi connectivity index (χ4v) is 10.2. The van der Waals surface area contributed by atoms with Crippen LogP contribution in [-0.2, 0) is 24.3 Å². The summed E-state index contributed by atoms with van der Waals surface area (Å²) in [5.74, 6) is 0.763. The van der Waals surface area contributed by atoms with Crippen LogP contribution in [0.2, 0.25) is 0 Å². The number of hydrogen-bond acceptors (Lipinski definition) is 10. The largest absolute Gasteiger partial charge is 0.496 e. The number of amides is 5. The van der Waals surface area contributed by atoms with Crippen molar-refractivity contribution in [1.29, 1.82) is 0 Å². The van der Waals surface area contributed by atoms with Crippen molar-refractivity contribution in [3.63, 3.8) is 0 Å². The van der Waals surface area contributed by atoms with Gasteiger partial charge >= 0.3 is 6.03 Å². The standard InChI is InChI=1S/C52H56N10O5/c1-33-29-37(7-8-38(33)31-54-51(65)46-42-6-4-3-5-35(42)9-16-44(46)67-2)48-47(49(53)64)50-55-43-15-14-41(30-36(43)19-24-62(50)57-48)60-27-25-58(26-28-60)32-34-17-21-59(22-18-34)39-10-12-40(13-11-39)61-23-20-45(63)56-52(61)66/h3-16,29-30,34,55H,17-28,31-32H2,1-2H3,(H2,53,64)(H,54,65)(H,56,63,66). The average Bonchev–Trinajstić information content (AvgIpc) is 3.61. The number of ether oxygens (including phenoxy) is 1. The first-order valence-corrected chi connectivity index (χ1v) is 23.3. The van der Waals surface area contributed by atoms with E-state index in [2.05, 4.69) is 61.0 Å². The number of anilines is 5. The Morgan fingerprint density at radius 1 is 0.776 bits per heavy atom. The normalized spacial score (nSPS) is 16.8. The van der Waals surface area contributed by atoms with Crippen molar-refractivity contribution in [3.8, 4) is 17.0 Å². The molecule has 3 saturated heterocycles. The van der Waals surface area contributed by atoms with Gasteiger partial charge in [0.15, 0.2) is 0 Å². The second-order valence-electron chi connectivity index (χ2n) is 18.1. The van der Waals surface area contributed by atoms with Crippen molar-refractivity contribution in [2.45, 2.75) is 45.7 Å². The van der Waals surface area contributed by atoms with Gasteiger partial charge in [0.1, 0.15) is 22.8 Å². The topological polar surface area (TPSA) is 170 Å². The minimum absolute atomic E-state index is 0.221. The van der Waals surface area contributed by atoms with Crippen LogP contribution in [0.1, 0.15) is 56.7 Å². The van der Waals surface area contributed by atoms with Gasteiger partial charge in [-0.15, -0.1) is 0 Å². The maximum atomic E-state index is 13.5. The van der Waals surface area contributed by atoms with Crippen molar-refractivity contribution >= 4 is 63.1 Å². The van der Waals surface area contributed by atoms with Crippen molar-refractivity contribution in [2.75, 3.05) is 79.5 Å². The number of carbonyl (C=O) groups excluding carboxylic acids is 4. The van der Waals surface area contributed by atoms with Crippen LogP contribution < -0.4 is 41.1 Å². The van der Waals surface area contributed by atoms with E-state index in [1.807, 2.05) is 78.3 Å². The Hall–Kier alpha value is -7.39. The maximum Gasteiger partial charge on any atom is 0.328 e. The summed E-state index contributed by atoms with van der Waals surface area (Å²) in [5, 5.41) is 15.8. The Balaban J connectivity index is 0.737. The first-order valence-electron chi connectivity index (χ1n) is 23.3. The minimum Gasteiger partial charge on any atom is -0.496 e. The minimum atomic E-state index is -0.554. The van der Waals surface area contributed by atoms with Crippen LogP contribution in [0, 0.1) is 12.8 Å². The highest BCUT2D eigenvalue weighted by molar-refractivity contribution is 6.10. The van der Waals surface area contributed by atoms with E-state index < -0.39 is 5.91 Å². The number of carbonyl (C=O) groups is 4. The molecule has 0 unspecified atom stereocenters. The molecule has 1 aromatic heterocycles. The summed E-state index contributed by atoms with van der Waals surface area (Å²) in [6.07, 6.45) is 3.34. The van der Waals surface area contributed by atoms with Crippen LogP contribution in [0.3, 0.4) is 0 Å². The molecule has 4 aliphatic heterocycles. The molecular formula is C52H56N10O5. The summed E-state index contributed by atoms with van der Waals surface area (Å²) in [6.45, 7) is 10.4. The van der Waals surface area contributed by atoms with E-state index >= 15 is 0 Å². The molecule has 5 aromatic carbocycles. The van der Waals surface area contributed by atoms with Gasteiger partial charge in [-0.3, -0.25) is 29.5 Å². The molecule has 4 aliphatic rings. The highest BCUT2D eigenvalue weighted by atomic mass is 16.5. The van der Waals surface area contributed by atoms with Crippen molar-refractivity contribution < 1.29 is 23.9 Å². The smallest absolute Gasteiger partial charge is 0.328 e. The number of urea groups is 1. The summed E-state index contributed by atoms with van der Waals surface area (Å²) < 4.78 is 7.42. The molecule has 0 bridgehead atoms. The molecule has 0 spiro atoms. The van der Waals surface area contributed by atoms with Crippen molar-refractivity contribution in [2.24, 2.45) is 11.7 Å². The van der Waals surface area contributed by atoms with E-state index in [4.69, 9.17) is 15.6 Å². The van der Waals surface area contributed by atoms with Gasteiger partial charge in [0.25, 0.3) is 11.8 Å². The quantitative estimate of drug-likeness (QED) is 0.108. The molecule has 67 heavy (non-hydrogen) atoms. The molecule has 0 atom stereocenters. The molecule has 0 saturated carbocycles. The Bertz CT molecular complexity index is 2880. The third-order valence-corrected chi connectivity index (χ3v) is 14.0. The molecule has 0 aliphatic carbocycles. The lowest BCUT2D eigenvalue weighted by Crippen LogP contribution is -2.49. The van der Waals surface area contributed by atoms with Crippen LogP contribution >= 0.6 is 0 Å². The number of nitrogens with two attached hydrogens (primary N) is 1. The predicted molar refractivity (Wildman–Crippen MR) is 262 cm³/mol. The number of methoxy groups -OCH3 is 1. The molecule has 5 N–H and O–H groups in total. The number of aromatic nitrogens is 2. The third kappa shape index (κ3) is 8.86. The van der Waals surface area contributed by atoms with Gasteiger partial charge in [0, 0.05) is 100 Å². The number of fused-ring (bicyclic) bond motifs is 3. The fraction of sp³-hybridized carbons (Fsp3) is 0.327. The van der Waals surface area contributed by atoms with E-state index in [9.17, 15) is 19.2 Å². The number of piperazine rings is 1. The number of aryl methyl sites for hydroxylation is 3. The molecule has 5 heterocycles. The van der Waals surface area contributed by atoms with Crippen LogP contribution in [0.4, 0.5) is 33.4 Å². The van der Waals surface area contributed by atoms with Gasteiger partial charge in [-0.2, -0.15) is 5.10 Å². The Kier molecular flexibility index (Phi) is 12.0. The SMILES string of the molecule is COc1ccc2ccccc2c1C(=O)NCc1ccc(-c2nn3c(c2C(N)=O)Nc2ccc(N4CCN(CC5CCN(c6ccc(N7CCC(=O)NC7=O)cc6)CC5)CC4)cc2CC3)cc1C. The number of rotatable bonds is 11. The third-order valence-electron chi connectivity index (χ3n) is 14.0. The van der Waals surface area contributed by atoms with E-state index in [0.29, 0.717) is 60.4 Å². The monoisotopic (exact) mass is 900 g/mol. The second-order valence-corrected chi connectivity index (χ2v) is 18.1. The lowest BCUT2D eigenvalue weighted by atomic mass is 9.95. The number of hydrogen-bond donors (Lipinski definition) is 4. The Morgan fingerprint density at radius 3 is 2.27 bits per heavy atom. The van der Waals surface area contributed by atoms with Gasteiger partial charge in [0.2, 0.25) is 5.91 Å². The van der Waals surface area contributed by atoms with E-state index in [1.54, 1.807) is 12.0 Å². The second kappa shape index (κ2) is 18.5. The summed E-state index contributed by atoms with van der Waals surface area (Å²) in [6, 6.07) is 31.7. The highest BCUT2D eigenvalue weighted by Gasteiger charge is 2.29. The first kappa shape index (κ1) is 43.5. The molecule has 344 valence electrons. The molecule has 3 fully saturated rings. The summed E-state index contributed by atoms with van der Waals surface area (Å²) in [5.41, 5.74) is 15.4. The van der Waals surface area contributed by atoms with Crippen LogP contribution in [0.5, 0.6) is 5.75 Å².